The molecule has 0 aromatic carbocycles. The van der Waals surface area contributed by atoms with E-state index in [2.05, 4.69) is 19.1 Å². The van der Waals surface area contributed by atoms with Crippen molar-refractivity contribution in [1.29, 1.82) is 0 Å². The van der Waals surface area contributed by atoms with Crippen LogP contribution < -0.4 is 0 Å². The summed E-state index contributed by atoms with van der Waals surface area (Å²) in [5.74, 6) is 0.662. The normalized spacial score (nSPS) is 19.4. The number of unbranched alkanes of at least 4 members (excludes halogenated alkanes) is 5. The molecule has 18 heavy (non-hydrogen) atoms. The second kappa shape index (κ2) is 10.7. The Kier molecular flexibility index (Phi) is 9.44. The number of allylic oxidation sites excluding steroid dienone is 1. The van der Waals surface area contributed by atoms with Gasteiger partial charge in [-0.2, -0.15) is 0 Å². The van der Waals surface area contributed by atoms with Crippen LogP contribution in [0.4, 0.5) is 0 Å². The van der Waals surface area contributed by atoms with Crippen molar-refractivity contribution in [2.45, 2.75) is 45.4 Å². The van der Waals surface area contributed by atoms with Crippen molar-refractivity contribution in [3.63, 3.8) is 0 Å². The third-order valence-corrected chi connectivity index (χ3v) is 4.56. The van der Waals surface area contributed by atoms with E-state index in [4.69, 9.17) is 4.74 Å². The predicted molar refractivity (Wildman–Crippen MR) is 77.9 cm³/mol. The van der Waals surface area contributed by atoms with Gasteiger partial charge in [-0.05, 0) is 12.8 Å². The molecule has 0 N–H and O–H groups in total. The van der Waals surface area contributed by atoms with Gasteiger partial charge in [0.05, 0.1) is 30.0 Å². The Balaban J connectivity index is 1.99. The van der Waals surface area contributed by atoms with Crippen molar-refractivity contribution >= 4 is 11.0 Å². The highest BCUT2D eigenvalue weighted by Gasteiger charge is 2.14. The van der Waals surface area contributed by atoms with E-state index >= 15 is 0 Å². The van der Waals surface area contributed by atoms with E-state index in [0.29, 0.717) is 19.0 Å². The number of nitrogens with zero attached hydrogens (tertiary/aromatic N) is 1. The minimum Gasteiger partial charge on any atom is -0.379 e. The van der Waals surface area contributed by atoms with E-state index in [-0.39, 0.29) is 0 Å². The molecular formula is C14H27NO2S. The number of hydrogen-bond donors (Lipinski definition) is 0. The standard InChI is InChI=1S/C14H27NO2S/c1-2-3-4-5-6-7-8-9-14-18(16)15-10-12-17-13-11-15/h8-9H,2-7,10-14H2,1H3/b9-8+. The van der Waals surface area contributed by atoms with Crippen molar-refractivity contribution in [3.8, 4) is 0 Å². The molecule has 0 bridgehead atoms. The summed E-state index contributed by atoms with van der Waals surface area (Å²) in [6.07, 6.45) is 12.0. The summed E-state index contributed by atoms with van der Waals surface area (Å²) >= 11 is 0. The maximum absolute atomic E-state index is 11.9. The molecule has 0 saturated carbocycles. The highest BCUT2D eigenvalue weighted by Crippen LogP contribution is 2.06. The lowest BCUT2D eigenvalue weighted by molar-refractivity contribution is 0.0753. The fourth-order valence-electron chi connectivity index (χ4n) is 1.99. The fourth-order valence-corrected chi connectivity index (χ4v) is 3.06. The van der Waals surface area contributed by atoms with Crippen molar-refractivity contribution in [2.24, 2.45) is 0 Å². The number of ether oxygens (including phenoxy) is 1. The van der Waals surface area contributed by atoms with Crippen LogP contribution in [0, 0.1) is 0 Å². The summed E-state index contributed by atoms with van der Waals surface area (Å²) in [4.78, 5) is 0. The molecule has 0 spiro atoms. The predicted octanol–water partition coefficient (Wildman–Crippen LogP) is 2.90. The van der Waals surface area contributed by atoms with E-state index in [1.807, 2.05) is 4.31 Å². The van der Waals surface area contributed by atoms with Crippen LogP contribution in [0.15, 0.2) is 12.2 Å². The SMILES string of the molecule is CCCCCCC/C=C/CS(=O)N1CCOCC1. The monoisotopic (exact) mass is 273 g/mol. The van der Waals surface area contributed by atoms with Crippen molar-refractivity contribution in [3.05, 3.63) is 12.2 Å². The Morgan fingerprint density at radius 1 is 1.11 bits per heavy atom. The van der Waals surface area contributed by atoms with Crippen LogP contribution in [0.25, 0.3) is 0 Å². The molecule has 0 aromatic rings. The Morgan fingerprint density at radius 3 is 2.56 bits per heavy atom. The molecule has 0 amide bonds. The van der Waals surface area contributed by atoms with Crippen molar-refractivity contribution in [1.82, 2.24) is 4.31 Å². The third-order valence-electron chi connectivity index (χ3n) is 3.14. The van der Waals surface area contributed by atoms with Gasteiger partial charge in [-0.25, -0.2) is 8.51 Å². The zero-order valence-electron chi connectivity index (χ0n) is 11.6. The van der Waals surface area contributed by atoms with Gasteiger partial charge in [0, 0.05) is 13.1 Å². The lowest BCUT2D eigenvalue weighted by atomic mass is 10.1. The van der Waals surface area contributed by atoms with Gasteiger partial charge in [0.25, 0.3) is 0 Å². The van der Waals surface area contributed by atoms with Crippen LogP contribution in [0.2, 0.25) is 0 Å². The molecule has 0 radical (unpaired) electrons. The Morgan fingerprint density at radius 2 is 1.83 bits per heavy atom. The van der Waals surface area contributed by atoms with Crippen LogP contribution in [0.1, 0.15) is 45.4 Å². The van der Waals surface area contributed by atoms with Crippen molar-refractivity contribution < 1.29 is 8.95 Å². The summed E-state index contributed by atoms with van der Waals surface area (Å²) < 4.78 is 19.2. The van der Waals surface area contributed by atoms with Gasteiger partial charge in [0.2, 0.25) is 0 Å². The van der Waals surface area contributed by atoms with E-state index in [9.17, 15) is 4.21 Å². The topological polar surface area (TPSA) is 29.5 Å². The maximum Gasteiger partial charge on any atom is 0.0983 e. The summed E-state index contributed by atoms with van der Waals surface area (Å²) in [6.45, 7) is 5.27. The minimum atomic E-state index is -0.850. The molecule has 1 rings (SSSR count). The van der Waals surface area contributed by atoms with E-state index < -0.39 is 11.0 Å². The Labute approximate surface area is 114 Å². The van der Waals surface area contributed by atoms with E-state index in [1.54, 1.807) is 0 Å². The summed E-state index contributed by atoms with van der Waals surface area (Å²) in [5.41, 5.74) is 0. The van der Waals surface area contributed by atoms with Gasteiger partial charge < -0.3 is 4.74 Å². The second-order valence-electron chi connectivity index (χ2n) is 4.70. The lowest BCUT2D eigenvalue weighted by Gasteiger charge is -2.24. The van der Waals surface area contributed by atoms with Gasteiger partial charge in [-0.1, -0.05) is 44.8 Å². The van der Waals surface area contributed by atoms with Gasteiger partial charge in [0.1, 0.15) is 0 Å². The average molecular weight is 273 g/mol. The number of hydrogen-bond acceptors (Lipinski definition) is 2. The van der Waals surface area contributed by atoms with Gasteiger partial charge in [-0.15, -0.1) is 0 Å². The van der Waals surface area contributed by atoms with Gasteiger partial charge in [0.15, 0.2) is 0 Å². The van der Waals surface area contributed by atoms with Crippen LogP contribution in [0.5, 0.6) is 0 Å². The third kappa shape index (κ3) is 7.29. The molecule has 1 heterocycles. The highest BCUT2D eigenvalue weighted by molar-refractivity contribution is 7.82. The summed E-state index contributed by atoms with van der Waals surface area (Å²) in [7, 11) is -0.850. The number of morpholine rings is 1. The molecule has 1 atom stereocenters. The molecule has 0 aromatic heterocycles. The first kappa shape index (κ1) is 15.9. The minimum absolute atomic E-state index is 0.662. The summed E-state index contributed by atoms with van der Waals surface area (Å²) in [6, 6.07) is 0. The first-order valence-electron chi connectivity index (χ1n) is 7.20. The molecule has 1 aliphatic heterocycles. The second-order valence-corrected chi connectivity index (χ2v) is 6.20. The zero-order valence-corrected chi connectivity index (χ0v) is 12.4. The van der Waals surface area contributed by atoms with Gasteiger partial charge >= 0.3 is 0 Å². The number of rotatable bonds is 9. The zero-order chi connectivity index (χ0) is 13.1. The Hall–Kier alpha value is -0.190. The smallest absolute Gasteiger partial charge is 0.0983 e. The van der Waals surface area contributed by atoms with Gasteiger partial charge in [-0.3, -0.25) is 0 Å². The molecular weight excluding hydrogens is 246 g/mol. The molecule has 1 fully saturated rings. The first-order valence-corrected chi connectivity index (χ1v) is 8.48. The Bertz CT molecular complexity index is 250. The molecule has 1 aliphatic rings. The maximum atomic E-state index is 11.9. The molecule has 1 unspecified atom stereocenters. The first-order chi connectivity index (χ1) is 8.84. The van der Waals surface area contributed by atoms with Crippen LogP contribution in [-0.4, -0.2) is 40.6 Å². The molecule has 106 valence electrons. The van der Waals surface area contributed by atoms with Crippen LogP contribution in [0.3, 0.4) is 0 Å². The molecule has 0 aliphatic carbocycles. The fraction of sp³-hybridized carbons (Fsp3) is 0.857. The molecule has 1 saturated heterocycles. The quantitative estimate of drug-likeness (QED) is 0.477. The van der Waals surface area contributed by atoms with E-state index in [0.717, 1.165) is 19.5 Å². The lowest BCUT2D eigenvalue weighted by Crippen LogP contribution is -2.38. The summed E-state index contributed by atoms with van der Waals surface area (Å²) in [5, 5.41) is 0. The van der Waals surface area contributed by atoms with E-state index in [1.165, 1.54) is 32.1 Å². The van der Waals surface area contributed by atoms with Crippen LogP contribution in [-0.2, 0) is 15.7 Å². The van der Waals surface area contributed by atoms with Crippen LogP contribution >= 0.6 is 0 Å². The van der Waals surface area contributed by atoms with Crippen molar-refractivity contribution in [2.75, 3.05) is 32.1 Å². The molecule has 3 nitrogen and oxygen atoms in total. The largest absolute Gasteiger partial charge is 0.379 e. The molecule has 4 heteroatoms. The highest BCUT2D eigenvalue weighted by atomic mass is 32.2. The average Bonchev–Trinajstić information content (AvgIpc) is 2.42.